The molecule has 0 saturated carbocycles. The summed E-state index contributed by atoms with van der Waals surface area (Å²) in [5.74, 6) is 0.693. The maximum absolute atomic E-state index is 14.0. The van der Waals surface area contributed by atoms with E-state index in [-0.39, 0.29) is 5.78 Å². The van der Waals surface area contributed by atoms with Gasteiger partial charge in [0, 0.05) is 44.8 Å². The molecule has 5 rings (SSSR count). The molecular formula is C29H22Cl2N6O. The highest BCUT2D eigenvalue weighted by Gasteiger charge is 2.21. The summed E-state index contributed by atoms with van der Waals surface area (Å²) in [6.07, 6.45) is 3.26. The zero-order chi connectivity index (χ0) is 26.6. The van der Waals surface area contributed by atoms with Crippen LogP contribution < -0.4 is 22.1 Å². The van der Waals surface area contributed by atoms with E-state index in [0.717, 1.165) is 5.56 Å². The molecule has 0 radical (unpaired) electrons. The third kappa shape index (κ3) is 5.25. The van der Waals surface area contributed by atoms with E-state index < -0.39 is 0 Å². The largest absolute Gasteiger partial charge is 0.396 e. The maximum Gasteiger partial charge on any atom is 0.195 e. The van der Waals surface area contributed by atoms with Gasteiger partial charge in [-0.1, -0.05) is 53.5 Å². The Labute approximate surface area is 229 Å². The van der Waals surface area contributed by atoms with Crippen LogP contribution >= 0.6 is 23.2 Å². The molecule has 0 bridgehead atoms. The Kier molecular flexibility index (Phi) is 7.13. The van der Waals surface area contributed by atoms with Crippen LogP contribution in [0.3, 0.4) is 0 Å². The van der Waals surface area contributed by atoms with E-state index in [0.29, 0.717) is 61.1 Å². The number of nitrogen functional groups attached to an aromatic ring is 2. The van der Waals surface area contributed by atoms with E-state index >= 15 is 0 Å². The number of benzene rings is 3. The highest BCUT2D eigenvalue weighted by Crippen LogP contribution is 2.37. The van der Waals surface area contributed by atoms with Crippen molar-refractivity contribution in [1.82, 2.24) is 9.97 Å². The third-order valence-corrected chi connectivity index (χ3v) is 6.32. The highest BCUT2D eigenvalue weighted by molar-refractivity contribution is 6.31. The van der Waals surface area contributed by atoms with Crippen LogP contribution in [0.5, 0.6) is 0 Å². The topological polar surface area (TPSA) is 119 Å². The van der Waals surface area contributed by atoms with Crippen LogP contribution in [0.1, 0.15) is 15.9 Å². The normalized spacial score (nSPS) is 10.7. The number of anilines is 6. The van der Waals surface area contributed by atoms with Gasteiger partial charge in [0.25, 0.3) is 0 Å². The molecule has 0 spiro atoms. The number of pyridine rings is 2. The fraction of sp³-hybridized carbons (Fsp3) is 0. The first-order chi connectivity index (χ1) is 18.4. The minimum absolute atomic E-state index is 0.215. The van der Waals surface area contributed by atoms with Gasteiger partial charge in [0.05, 0.1) is 17.1 Å². The summed E-state index contributed by atoms with van der Waals surface area (Å²) in [5.41, 5.74) is 16.6. The number of halogens is 2. The van der Waals surface area contributed by atoms with Crippen LogP contribution in [-0.4, -0.2) is 15.8 Å². The van der Waals surface area contributed by atoms with E-state index in [4.69, 9.17) is 34.7 Å². The molecule has 188 valence electrons. The van der Waals surface area contributed by atoms with Gasteiger partial charge >= 0.3 is 0 Å². The van der Waals surface area contributed by atoms with Crippen LogP contribution in [0.2, 0.25) is 10.0 Å². The van der Waals surface area contributed by atoms with Crippen molar-refractivity contribution in [3.8, 4) is 11.1 Å². The number of nitrogens with two attached hydrogens (primary N) is 2. The summed E-state index contributed by atoms with van der Waals surface area (Å²) in [5, 5.41) is 7.40. The van der Waals surface area contributed by atoms with E-state index in [1.54, 1.807) is 73.1 Å². The molecular weight excluding hydrogens is 519 g/mol. The second kappa shape index (κ2) is 10.8. The Morgan fingerprint density at radius 1 is 0.632 bits per heavy atom. The highest BCUT2D eigenvalue weighted by atomic mass is 35.5. The molecule has 3 aromatic carbocycles. The van der Waals surface area contributed by atoms with Gasteiger partial charge in [-0.3, -0.25) is 4.79 Å². The molecule has 5 aromatic rings. The van der Waals surface area contributed by atoms with Gasteiger partial charge in [-0.05, 0) is 60.2 Å². The lowest BCUT2D eigenvalue weighted by molar-refractivity contribution is 0.104. The molecule has 0 aliphatic rings. The second-order valence-corrected chi connectivity index (χ2v) is 9.26. The van der Waals surface area contributed by atoms with Gasteiger partial charge in [-0.15, -0.1) is 0 Å². The summed E-state index contributed by atoms with van der Waals surface area (Å²) in [6.45, 7) is 0. The minimum Gasteiger partial charge on any atom is -0.396 e. The first kappa shape index (κ1) is 25.1. The number of carbonyl (C=O) groups is 1. The fourth-order valence-electron chi connectivity index (χ4n) is 4.03. The van der Waals surface area contributed by atoms with Crippen molar-refractivity contribution >= 4 is 63.4 Å². The lowest BCUT2D eigenvalue weighted by Gasteiger charge is -2.17. The number of hydrogen-bond acceptors (Lipinski definition) is 7. The van der Waals surface area contributed by atoms with Crippen LogP contribution in [0.4, 0.5) is 34.4 Å². The van der Waals surface area contributed by atoms with Gasteiger partial charge in [-0.25, -0.2) is 9.97 Å². The summed E-state index contributed by atoms with van der Waals surface area (Å²) in [4.78, 5) is 22.6. The van der Waals surface area contributed by atoms with Crippen LogP contribution in [0.15, 0.2) is 97.3 Å². The Morgan fingerprint density at radius 3 is 1.87 bits per heavy atom. The van der Waals surface area contributed by atoms with E-state index in [1.807, 2.05) is 24.3 Å². The Morgan fingerprint density at radius 2 is 1.21 bits per heavy atom. The van der Waals surface area contributed by atoms with Gasteiger partial charge in [0.15, 0.2) is 17.4 Å². The van der Waals surface area contributed by atoms with Crippen LogP contribution in [0, 0.1) is 0 Å². The van der Waals surface area contributed by atoms with Crippen molar-refractivity contribution in [2.45, 2.75) is 0 Å². The number of aromatic nitrogens is 2. The average Bonchev–Trinajstić information content (AvgIpc) is 2.91. The molecule has 0 unspecified atom stereocenters. The predicted octanol–water partition coefficient (Wildman–Crippen LogP) is 7.33. The predicted molar refractivity (Wildman–Crippen MR) is 156 cm³/mol. The number of carbonyl (C=O) groups excluding carboxylic acids is 1. The zero-order valence-electron chi connectivity index (χ0n) is 20.0. The fourth-order valence-corrected chi connectivity index (χ4v) is 4.38. The lowest BCUT2D eigenvalue weighted by Crippen LogP contribution is -2.09. The summed E-state index contributed by atoms with van der Waals surface area (Å²) >= 11 is 12.6. The van der Waals surface area contributed by atoms with Crippen LogP contribution in [0.25, 0.3) is 11.1 Å². The molecule has 0 aliphatic carbocycles. The van der Waals surface area contributed by atoms with Crippen LogP contribution in [-0.2, 0) is 0 Å². The SMILES string of the molecule is Nc1cccnc1Nc1cc(Cl)ccc1C(=O)c1ccccc1-c1ccc(Cl)cc1Nc1ncccc1N. The average molecular weight is 541 g/mol. The van der Waals surface area contributed by atoms with Crippen molar-refractivity contribution in [3.63, 3.8) is 0 Å². The van der Waals surface area contributed by atoms with Crippen molar-refractivity contribution < 1.29 is 4.79 Å². The first-order valence-electron chi connectivity index (χ1n) is 11.6. The monoisotopic (exact) mass is 540 g/mol. The molecule has 0 atom stereocenters. The minimum atomic E-state index is -0.215. The molecule has 2 aromatic heterocycles. The smallest absolute Gasteiger partial charge is 0.195 e. The molecule has 0 amide bonds. The number of hydrogen-bond donors (Lipinski definition) is 4. The quantitative estimate of drug-likeness (QED) is 0.159. The summed E-state index contributed by atoms with van der Waals surface area (Å²) in [6, 6.07) is 24.7. The molecule has 6 N–H and O–H groups in total. The Balaban J connectivity index is 1.59. The molecule has 0 saturated heterocycles. The zero-order valence-corrected chi connectivity index (χ0v) is 21.5. The van der Waals surface area contributed by atoms with Gasteiger partial charge in [-0.2, -0.15) is 0 Å². The van der Waals surface area contributed by atoms with Gasteiger partial charge in [0.2, 0.25) is 0 Å². The summed E-state index contributed by atoms with van der Waals surface area (Å²) < 4.78 is 0. The van der Waals surface area contributed by atoms with Crippen molar-refractivity contribution in [2.75, 3.05) is 22.1 Å². The molecule has 38 heavy (non-hydrogen) atoms. The van der Waals surface area contributed by atoms with Crippen molar-refractivity contribution in [2.24, 2.45) is 0 Å². The molecule has 0 aliphatic heterocycles. The van der Waals surface area contributed by atoms with Gasteiger partial charge < -0.3 is 22.1 Å². The number of rotatable bonds is 7. The lowest BCUT2D eigenvalue weighted by atomic mass is 9.92. The second-order valence-electron chi connectivity index (χ2n) is 8.39. The third-order valence-electron chi connectivity index (χ3n) is 5.85. The van der Waals surface area contributed by atoms with Gasteiger partial charge in [0.1, 0.15) is 0 Å². The number of ketones is 1. The Hall–Kier alpha value is -4.59. The van der Waals surface area contributed by atoms with E-state index in [9.17, 15) is 4.79 Å². The van der Waals surface area contributed by atoms with Crippen molar-refractivity contribution in [1.29, 1.82) is 0 Å². The van der Waals surface area contributed by atoms with E-state index in [2.05, 4.69) is 20.6 Å². The summed E-state index contributed by atoms with van der Waals surface area (Å²) in [7, 11) is 0. The number of nitrogens with zero attached hydrogens (tertiary/aromatic N) is 2. The molecule has 2 heterocycles. The standard InChI is InChI=1S/C29H22Cl2N6O/c30-17-9-11-20(25(15-17)36-28-23(32)7-3-13-34-28)19-5-1-2-6-21(19)27(38)22-12-10-18(31)16-26(22)37-29-24(33)8-4-14-35-29/h1-16H,32-33H2,(H,34,36)(H,35,37). The maximum atomic E-state index is 14.0. The first-order valence-corrected chi connectivity index (χ1v) is 12.3. The molecule has 9 heteroatoms. The molecule has 0 fully saturated rings. The number of nitrogens with one attached hydrogen (secondary N) is 2. The molecule has 7 nitrogen and oxygen atoms in total. The van der Waals surface area contributed by atoms with Crippen molar-refractivity contribution in [3.05, 3.63) is 118 Å². The Bertz CT molecular complexity index is 1660. The van der Waals surface area contributed by atoms with E-state index in [1.165, 1.54) is 0 Å².